The smallest absolute Gasteiger partial charge is 0.281 e. The van der Waals surface area contributed by atoms with Gasteiger partial charge < -0.3 is 15.4 Å². The van der Waals surface area contributed by atoms with Crippen molar-refractivity contribution in [2.45, 2.75) is 63.2 Å². The van der Waals surface area contributed by atoms with Crippen molar-refractivity contribution in [2.75, 3.05) is 10.6 Å². The molecule has 3 N–H and O–H groups in total. The van der Waals surface area contributed by atoms with Crippen LogP contribution >= 0.6 is 0 Å². The van der Waals surface area contributed by atoms with Crippen molar-refractivity contribution < 1.29 is 17.9 Å². The molecule has 11 heteroatoms. The summed E-state index contributed by atoms with van der Waals surface area (Å²) in [5.41, 5.74) is 8.33. The summed E-state index contributed by atoms with van der Waals surface area (Å²) in [6.07, 6.45) is 2.50. The van der Waals surface area contributed by atoms with E-state index in [0.717, 1.165) is 12.0 Å². The number of carbonyl (C=O) groups excluding carboxylic acids is 1. The largest absolute Gasteiger partial charge is 0.475 e. The van der Waals surface area contributed by atoms with Gasteiger partial charge in [-0.1, -0.05) is 36.4 Å². The Kier molecular flexibility index (Phi) is 8.13. The zero-order valence-electron chi connectivity index (χ0n) is 23.9. The molecule has 1 amide bonds. The lowest BCUT2D eigenvalue weighted by molar-refractivity contribution is 0.0981. The number of nitrogen functional groups attached to an aromatic ring is 1. The van der Waals surface area contributed by atoms with E-state index in [0.29, 0.717) is 17.4 Å². The average Bonchev–Trinajstić information content (AvgIpc) is 3.26. The van der Waals surface area contributed by atoms with Crippen LogP contribution in [0.4, 0.5) is 11.6 Å². The summed E-state index contributed by atoms with van der Waals surface area (Å²) in [4.78, 5) is 28.9. The quantitative estimate of drug-likeness (QED) is 0.298. The zero-order chi connectivity index (χ0) is 30.0. The Morgan fingerprint density at radius 3 is 2.43 bits per heavy atom. The number of nitrogens with zero attached hydrogens (tertiary/aromatic N) is 4. The zero-order valence-corrected chi connectivity index (χ0v) is 24.7. The molecule has 1 saturated heterocycles. The van der Waals surface area contributed by atoms with Gasteiger partial charge in [0, 0.05) is 35.8 Å². The van der Waals surface area contributed by atoms with Crippen LogP contribution in [0.1, 0.15) is 56.0 Å². The molecule has 42 heavy (non-hydrogen) atoms. The van der Waals surface area contributed by atoms with E-state index in [1.165, 1.54) is 23.8 Å². The third-order valence-corrected chi connectivity index (χ3v) is 8.55. The van der Waals surface area contributed by atoms with E-state index in [1.807, 2.05) is 38.1 Å². The lowest BCUT2D eigenvalue weighted by Gasteiger charge is -2.31. The Labute approximate surface area is 246 Å². The number of benzene rings is 1. The standard InChI is InChI=1S/C31H34N6O4S/c1-19(2)41-28-16-13-23(18-33-28)26-15-14-24(31(38)36-42(39,40)29-12-8-11-27(32)35-29)30(34-26)37-20(3)17-25(21(37)4)22-9-6-5-7-10-22/h5-16,18-21,25H,17H2,1-4H3,(H2,32,35)(H,36,38). The van der Waals surface area contributed by atoms with Crippen LogP contribution < -0.4 is 20.1 Å². The maximum atomic E-state index is 13.6. The topological polar surface area (TPSA) is 140 Å². The summed E-state index contributed by atoms with van der Waals surface area (Å²) in [5, 5.41) is -0.344. The lowest BCUT2D eigenvalue weighted by atomic mass is 9.92. The molecule has 1 aliphatic heterocycles. The van der Waals surface area contributed by atoms with Crippen molar-refractivity contribution in [2.24, 2.45) is 0 Å². The highest BCUT2D eigenvalue weighted by Gasteiger charge is 2.39. The second-order valence-electron chi connectivity index (χ2n) is 10.7. The number of hydrogen-bond donors (Lipinski definition) is 2. The van der Waals surface area contributed by atoms with E-state index in [1.54, 1.807) is 24.4 Å². The predicted octanol–water partition coefficient (Wildman–Crippen LogP) is 4.80. The molecule has 0 radical (unpaired) electrons. The third kappa shape index (κ3) is 6.06. The number of sulfonamides is 1. The number of amides is 1. The van der Waals surface area contributed by atoms with Crippen molar-refractivity contribution in [1.29, 1.82) is 0 Å². The van der Waals surface area contributed by atoms with Gasteiger partial charge in [0.15, 0.2) is 5.03 Å². The summed E-state index contributed by atoms with van der Waals surface area (Å²) in [7, 11) is -4.29. The van der Waals surface area contributed by atoms with Gasteiger partial charge in [0.1, 0.15) is 11.6 Å². The fourth-order valence-electron chi connectivity index (χ4n) is 5.43. The van der Waals surface area contributed by atoms with Crippen LogP contribution in [-0.2, 0) is 10.0 Å². The van der Waals surface area contributed by atoms with Gasteiger partial charge in [0.25, 0.3) is 15.9 Å². The van der Waals surface area contributed by atoms with Crippen LogP contribution in [0.5, 0.6) is 5.88 Å². The fourth-order valence-corrected chi connectivity index (χ4v) is 6.37. The molecule has 3 atom stereocenters. The molecule has 4 heterocycles. The number of ether oxygens (including phenoxy) is 1. The summed E-state index contributed by atoms with van der Waals surface area (Å²) in [6, 6.07) is 21.3. The molecule has 0 bridgehead atoms. The minimum Gasteiger partial charge on any atom is -0.475 e. The molecule has 0 spiro atoms. The monoisotopic (exact) mass is 586 g/mol. The average molecular weight is 587 g/mol. The Morgan fingerprint density at radius 1 is 1.00 bits per heavy atom. The molecular weight excluding hydrogens is 552 g/mol. The third-order valence-electron chi connectivity index (χ3n) is 7.32. The SMILES string of the molecule is CC(C)Oc1ccc(-c2ccc(C(=O)NS(=O)(=O)c3cccc(N)n3)c(N3C(C)CC(c4ccccc4)C3C)n2)cn1. The van der Waals surface area contributed by atoms with E-state index in [4.69, 9.17) is 15.5 Å². The van der Waals surface area contributed by atoms with E-state index in [9.17, 15) is 13.2 Å². The van der Waals surface area contributed by atoms with Crippen molar-refractivity contribution in [1.82, 2.24) is 19.7 Å². The number of aromatic nitrogens is 3. The second-order valence-corrected chi connectivity index (χ2v) is 12.3. The normalized spacial score (nSPS) is 18.7. The van der Waals surface area contributed by atoms with Gasteiger partial charge in [0.2, 0.25) is 5.88 Å². The highest BCUT2D eigenvalue weighted by Crippen LogP contribution is 2.41. The predicted molar refractivity (Wildman–Crippen MR) is 162 cm³/mol. The molecular formula is C31H34N6O4S. The molecule has 0 saturated carbocycles. The van der Waals surface area contributed by atoms with Crippen LogP contribution in [-0.4, -0.2) is 47.5 Å². The summed E-state index contributed by atoms with van der Waals surface area (Å²) < 4.78 is 33.9. The van der Waals surface area contributed by atoms with Crippen LogP contribution in [0, 0.1) is 0 Å². The first-order valence-corrected chi connectivity index (χ1v) is 15.3. The van der Waals surface area contributed by atoms with E-state index < -0.39 is 15.9 Å². The van der Waals surface area contributed by atoms with Gasteiger partial charge in [0.05, 0.1) is 17.4 Å². The maximum absolute atomic E-state index is 13.6. The molecule has 3 unspecified atom stereocenters. The van der Waals surface area contributed by atoms with E-state index in [-0.39, 0.29) is 40.5 Å². The molecule has 1 aliphatic rings. The van der Waals surface area contributed by atoms with Gasteiger partial charge in [-0.15, -0.1) is 0 Å². The lowest BCUT2D eigenvalue weighted by Crippen LogP contribution is -2.38. The van der Waals surface area contributed by atoms with Crippen LogP contribution in [0.3, 0.4) is 0 Å². The molecule has 1 aromatic carbocycles. The highest BCUT2D eigenvalue weighted by molar-refractivity contribution is 7.90. The first kappa shape index (κ1) is 29.0. The number of anilines is 2. The Morgan fingerprint density at radius 2 is 1.76 bits per heavy atom. The molecule has 3 aromatic heterocycles. The first-order chi connectivity index (χ1) is 20.0. The molecule has 0 aliphatic carbocycles. The fraction of sp³-hybridized carbons (Fsp3) is 0.290. The number of nitrogens with two attached hydrogens (primary N) is 1. The molecule has 218 valence electrons. The van der Waals surface area contributed by atoms with E-state index in [2.05, 4.69) is 45.6 Å². The Balaban J connectivity index is 1.55. The van der Waals surface area contributed by atoms with Crippen molar-refractivity contribution in [3.05, 3.63) is 90.1 Å². The Bertz CT molecular complexity index is 1680. The molecule has 4 aromatic rings. The van der Waals surface area contributed by atoms with Crippen LogP contribution in [0.15, 0.2) is 84.0 Å². The second kappa shape index (κ2) is 11.8. The first-order valence-electron chi connectivity index (χ1n) is 13.8. The van der Waals surface area contributed by atoms with Gasteiger partial charge in [-0.25, -0.2) is 19.7 Å². The van der Waals surface area contributed by atoms with Gasteiger partial charge in [-0.2, -0.15) is 8.42 Å². The minimum absolute atomic E-state index is 0.0135. The van der Waals surface area contributed by atoms with E-state index >= 15 is 0 Å². The van der Waals surface area contributed by atoms with Gasteiger partial charge >= 0.3 is 0 Å². The Hall–Kier alpha value is -4.51. The van der Waals surface area contributed by atoms with Crippen molar-refractivity contribution in [3.8, 4) is 17.1 Å². The summed E-state index contributed by atoms with van der Waals surface area (Å²) in [5.74, 6) is 0.299. The number of rotatable bonds is 8. The van der Waals surface area contributed by atoms with Gasteiger partial charge in [-0.3, -0.25) is 4.79 Å². The maximum Gasteiger partial charge on any atom is 0.281 e. The number of nitrogens with one attached hydrogen (secondary N) is 1. The van der Waals surface area contributed by atoms with Crippen LogP contribution in [0.25, 0.3) is 11.3 Å². The van der Waals surface area contributed by atoms with Crippen LogP contribution in [0.2, 0.25) is 0 Å². The highest BCUT2D eigenvalue weighted by atomic mass is 32.2. The number of hydrogen-bond acceptors (Lipinski definition) is 9. The molecule has 5 rings (SSSR count). The summed E-state index contributed by atoms with van der Waals surface area (Å²) >= 11 is 0. The summed E-state index contributed by atoms with van der Waals surface area (Å²) in [6.45, 7) is 8.04. The van der Waals surface area contributed by atoms with Gasteiger partial charge in [-0.05, 0) is 70.0 Å². The number of pyridine rings is 3. The number of carbonyl (C=O) groups is 1. The van der Waals surface area contributed by atoms with Crippen molar-refractivity contribution >= 4 is 27.6 Å². The molecule has 10 nitrogen and oxygen atoms in total. The van der Waals surface area contributed by atoms with Crippen molar-refractivity contribution in [3.63, 3.8) is 0 Å². The minimum atomic E-state index is -4.29. The molecule has 1 fully saturated rings.